The smallest absolute Gasteiger partial charge is 0.249 e. The van der Waals surface area contributed by atoms with E-state index in [2.05, 4.69) is 0 Å². The minimum Gasteiger partial charge on any atom is -0.494 e. The minimum absolute atomic E-state index is 0.111. The highest BCUT2D eigenvalue weighted by molar-refractivity contribution is 5.53. The van der Waals surface area contributed by atoms with E-state index < -0.39 is 0 Å². The number of allylic oxidation sites excluding steroid dienone is 1. The van der Waals surface area contributed by atoms with Gasteiger partial charge in [-0.2, -0.15) is 0 Å². The van der Waals surface area contributed by atoms with Crippen molar-refractivity contribution >= 4 is 6.08 Å². The number of nitro groups is 1. The van der Waals surface area contributed by atoms with E-state index in [-0.39, 0.29) is 16.5 Å². The van der Waals surface area contributed by atoms with Crippen LogP contribution in [0.15, 0.2) is 30.0 Å². The molecule has 0 spiro atoms. The molecule has 0 fully saturated rings. The summed E-state index contributed by atoms with van der Waals surface area (Å²) in [6.07, 6.45) is 2.54. The Morgan fingerprint density at radius 3 is 2.78 bits per heavy atom. The highest BCUT2D eigenvalue weighted by Gasteiger charge is 2.15. The van der Waals surface area contributed by atoms with Crippen molar-refractivity contribution in [3.05, 3.63) is 45.6 Å². The number of ether oxygens (including phenoxy) is 1. The first-order valence-electron chi connectivity index (χ1n) is 6.13. The molecule has 0 unspecified atom stereocenters. The lowest BCUT2D eigenvalue weighted by Crippen LogP contribution is -2.05. The van der Waals surface area contributed by atoms with Crippen molar-refractivity contribution in [1.29, 1.82) is 0 Å². The van der Waals surface area contributed by atoms with Gasteiger partial charge in [0.05, 0.1) is 11.5 Å². The predicted octanol–water partition coefficient (Wildman–Crippen LogP) is 3.75. The third-order valence-corrected chi connectivity index (χ3v) is 2.45. The molecule has 0 aliphatic rings. The Hall–Kier alpha value is -1.84. The molecule has 0 amide bonds. The molecule has 1 aromatic carbocycles. The fourth-order valence-electron chi connectivity index (χ4n) is 1.51. The summed E-state index contributed by atoms with van der Waals surface area (Å²) in [5.74, 6) is 0.636. The van der Waals surface area contributed by atoms with E-state index in [1.807, 2.05) is 45.0 Å². The molecule has 0 N–H and O–H groups in total. The molecule has 98 valence electrons. The summed E-state index contributed by atoms with van der Waals surface area (Å²) in [4.78, 5) is 10.6. The maximum absolute atomic E-state index is 10.9. The number of rotatable bonds is 6. The molecule has 4 nitrogen and oxygen atoms in total. The van der Waals surface area contributed by atoms with Gasteiger partial charge in [-0.1, -0.05) is 32.9 Å². The molecule has 0 radical (unpaired) electrons. The molecule has 0 aliphatic carbocycles. The Morgan fingerprint density at radius 1 is 1.50 bits per heavy atom. The standard InChI is InChI=1S/C14H19NO3/c1-4-8-18-13-7-5-6-12(9-13)10-14(11(2)3)15(16)17/h5-7,9-11H,4,8H2,1-3H3/b14-10-. The van der Waals surface area contributed by atoms with E-state index in [1.54, 1.807) is 6.08 Å². The van der Waals surface area contributed by atoms with Crippen LogP contribution < -0.4 is 4.74 Å². The van der Waals surface area contributed by atoms with Gasteiger partial charge in [-0.05, 0) is 24.1 Å². The summed E-state index contributed by atoms with van der Waals surface area (Å²) in [7, 11) is 0. The molecule has 0 heterocycles. The van der Waals surface area contributed by atoms with Gasteiger partial charge in [0.25, 0.3) is 0 Å². The van der Waals surface area contributed by atoms with E-state index >= 15 is 0 Å². The SMILES string of the molecule is CCCOc1cccc(/C=C(/C(C)C)[N+](=O)[O-])c1. The second-order valence-electron chi connectivity index (χ2n) is 4.40. The average molecular weight is 249 g/mol. The molecule has 0 aliphatic heterocycles. The fraction of sp³-hybridized carbons (Fsp3) is 0.429. The molecule has 0 aromatic heterocycles. The number of hydrogen-bond acceptors (Lipinski definition) is 3. The monoisotopic (exact) mass is 249 g/mol. The Bertz CT molecular complexity index is 438. The summed E-state index contributed by atoms with van der Waals surface area (Å²) >= 11 is 0. The fourth-order valence-corrected chi connectivity index (χ4v) is 1.51. The molecule has 0 atom stereocenters. The lowest BCUT2D eigenvalue weighted by atomic mass is 10.1. The Kier molecular flexibility index (Phi) is 5.36. The zero-order chi connectivity index (χ0) is 13.5. The van der Waals surface area contributed by atoms with E-state index in [0.29, 0.717) is 6.61 Å². The normalized spacial score (nSPS) is 11.7. The first kappa shape index (κ1) is 14.2. The van der Waals surface area contributed by atoms with Crippen LogP contribution in [-0.2, 0) is 0 Å². The van der Waals surface area contributed by atoms with Gasteiger partial charge in [0, 0.05) is 12.0 Å². The summed E-state index contributed by atoms with van der Waals surface area (Å²) in [6, 6.07) is 7.36. The van der Waals surface area contributed by atoms with Gasteiger partial charge in [0.2, 0.25) is 5.70 Å². The van der Waals surface area contributed by atoms with Crippen LogP contribution in [0, 0.1) is 16.0 Å². The van der Waals surface area contributed by atoms with Gasteiger partial charge in [0.1, 0.15) is 5.75 Å². The van der Waals surface area contributed by atoms with E-state index in [4.69, 9.17) is 4.74 Å². The second-order valence-corrected chi connectivity index (χ2v) is 4.40. The third-order valence-electron chi connectivity index (χ3n) is 2.45. The van der Waals surface area contributed by atoms with Crippen LogP contribution in [0.5, 0.6) is 5.75 Å². The quantitative estimate of drug-likeness (QED) is 0.570. The van der Waals surface area contributed by atoms with Crippen LogP contribution in [0.2, 0.25) is 0 Å². The molecular formula is C14H19NO3. The van der Waals surface area contributed by atoms with Crippen molar-refractivity contribution in [3.8, 4) is 5.75 Å². The zero-order valence-electron chi connectivity index (χ0n) is 11.1. The Balaban J connectivity index is 2.95. The molecular weight excluding hydrogens is 230 g/mol. The van der Waals surface area contributed by atoms with Crippen LogP contribution in [-0.4, -0.2) is 11.5 Å². The first-order chi connectivity index (χ1) is 8.54. The number of benzene rings is 1. The maximum atomic E-state index is 10.9. The summed E-state index contributed by atoms with van der Waals surface area (Å²) < 4.78 is 5.50. The van der Waals surface area contributed by atoms with Gasteiger partial charge in [0.15, 0.2) is 0 Å². The first-order valence-corrected chi connectivity index (χ1v) is 6.13. The molecule has 0 bridgehead atoms. The van der Waals surface area contributed by atoms with Crippen molar-refractivity contribution in [2.45, 2.75) is 27.2 Å². The second kappa shape index (κ2) is 6.79. The molecule has 0 saturated heterocycles. The van der Waals surface area contributed by atoms with Crippen molar-refractivity contribution < 1.29 is 9.66 Å². The highest BCUT2D eigenvalue weighted by atomic mass is 16.6. The largest absolute Gasteiger partial charge is 0.494 e. The predicted molar refractivity (Wildman–Crippen MR) is 72.0 cm³/mol. The third kappa shape index (κ3) is 4.20. The zero-order valence-corrected chi connectivity index (χ0v) is 11.1. The maximum Gasteiger partial charge on any atom is 0.249 e. The molecule has 1 aromatic rings. The molecule has 0 saturated carbocycles. The number of hydrogen-bond donors (Lipinski definition) is 0. The van der Waals surface area contributed by atoms with Gasteiger partial charge < -0.3 is 4.74 Å². The summed E-state index contributed by atoms with van der Waals surface area (Å²) in [5, 5.41) is 10.9. The Morgan fingerprint density at radius 2 is 2.22 bits per heavy atom. The van der Waals surface area contributed by atoms with Crippen molar-refractivity contribution in [3.63, 3.8) is 0 Å². The van der Waals surface area contributed by atoms with E-state index in [0.717, 1.165) is 17.7 Å². The molecule has 1 rings (SSSR count). The van der Waals surface area contributed by atoms with Crippen LogP contribution in [0.25, 0.3) is 6.08 Å². The van der Waals surface area contributed by atoms with Crippen LogP contribution in [0.1, 0.15) is 32.8 Å². The summed E-state index contributed by atoms with van der Waals surface area (Å²) in [6.45, 7) is 6.31. The minimum atomic E-state index is -0.329. The van der Waals surface area contributed by atoms with Crippen LogP contribution >= 0.6 is 0 Å². The lowest BCUT2D eigenvalue weighted by molar-refractivity contribution is -0.431. The van der Waals surface area contributed by atoms with Gasteiger partial charge in [-0.15, -0.1) is 0 Å². The lowest BCUT2D eigenvalue weighted by Gasteiger charge is -2.06. The topological polar surface area (TPSA) is 52.4 Å². The van der Waals surface area contributed by atoms with Crippen LogP contribution in [0.4, 0.5) is 0 Å². The van der Waals surface area contributed by atoms with E-state index in [1.165, 1.54) is 0 Å². The van der Waals surface area contributed by atoms with Gasteiger partial charge >= 0.3 is 0 Å². The van der Waals surface area contributed by atoms with Gasteiger partial charge in [-0.25, -0.2) is 0 Å². The summed E-state index contributed by atoms with van der Waals surface area (Å²) in [5.41, 5.74) is 1.01. The molecule has 4 heteroatoms. The van der Waals surface area contributed by atoms with Crippen molar-refractivity contribution in [2.75, 3.05) is 6.61 Å². The van der Waals surface area contributed by atoms with E-state index in [9.17, 15) is 10.1 Å². The van der Waals surface area contributed by atoms with Crippen molar-refractivity contribution in [2.24, 2.45) is 5.92 Å². The van der Waals surface area contributed by atoms with Crippen molar-refractivity contribution in [1.82, 2.24) is 0 Å². The highest BCUT2D eigenvalue weighted by Crippen LogP contribution is 2.19. The molecule has 18 heavy (non-hydrogen) atoms. The van der Waals surface area contributed by atoms with Gasteiger partial charge in [-0.3, -0.25) is 10.1 Å². The number of nitrogens with zero attached hydrogens (tertiary/aromatic N) is 1. The van der Waals surface area contributed by atoms with Crippen LogP contribution in [0.3, 0.4) is 0 Å². The Labute approximate surface area is 107 Å². The average Bonchev–Trinajstić information content (AvgIpc) is 2.33.